The van der Waals surface area contributed by atoms with E-state index in [0.717, 1.165) is 12.0 Å². The van der Waals surface area contributed by atoms with E-state index in [1.807, 2.05) is 13.8 Å². The van der Waals surface area contributed by atoms with Crippen molar-refractivity contribution in [3.63, 3.8) is 0 Å². The second-order valence-electron chi connectivity index (χ2n) is 7.46. The molecule has 2 amide bonds. The molecule has 0 aliphatic carbocycles. The van der Waals surface area contributed by atoms with Crippen LogP contribution in [0.2, 0.25) is 15.1 Å². The van der Waals surface area contributed by atoms with Gasteiger partial charge in [-0.15, -0.1) is 11.8 Å². The zero-order valence-corrected chi connectivity index (χ0v) is 21.2. The van der Waals surface area contributed by atoms with E-state index in [0.29, 0.717) is 20.6 Å². The van der Waals surface area contributed by atoms with Crippen LogP contribution in [0.1, 0.15) is 38.3 Å². The lowest BCUT2D eigenvalue weighted by Gasteiger charge is -2.29. The van der Waals surface area contributed by atoms with Crippen LogP contribution in [0.15, 0.2) is 36.4 Å². The summed E-state index contributed by atoms with van der Waals surface area (Å²) in [6.07, 6.45) is 0.776. The van der Waals surface area contributed by atoms with Crippen LogP contribution < -0.4 is 5.32 Å². The molecular weight excluding hydrogens is 494 g/mol. The molecule has 2 rings (SSSR count). The standard InChI is InChI=1S/C23H26Cl3FN2O2S/c1-4-14(2)28-23(31)15(3)29(11-16-8-9-19(25)20(26)10-16)22(30)13-32-12-17-18(24)6-5-7-21(17)27/h5-10,14-15H,4,11-13H2,1-3H3,(H,28,31)/t14-,15-/m0/s1. The molecule has 0 heterocycles. The predicted molar refractivity (Wildman–Crippen MR) is 132 cm³/mol. The molecule has 0 aliphatic rings. The molecule has 9 heteroatoms. The average molecular weight is 520 g/mol. The largest absolute Gasteiger partial charge is 0.352 e. The van der Waals surface area contributed by atoms with Gasteiger partial charge in [-0.3, -0.25) is 9.59 Å². The van der Waals surface area contributed by atoms with Crippen molar-refractivity contribution in [2.75, 3.05) is 5.75 Å². The van der Waals surface area contributed by atoms with E-state index in [4.69, 9.17) is 34.8 Å². The zero-order chi connectivity index (χ0) is 23.8. The van der Waals surface area contributed by atoms with Gasteiger partial charge < -0.3 is 10.2 Å². The Morgan fingerprint density at radius 2 is 1.81 bits per heavy atom. The number of thioether (sulfide) groups is 1. The fraction of sp³-hybridized carbons (Fsp3) is 0.391. The summed E-state index contributed by atoms with van der Waals surface area (Å²) in [5.74, 6) is -0.597. The second kappa shape index (κ2) is 12.7. The molecule has 32 heavy (non-hydrogen) atoms. The molecule has 4 nitrogen and oxygen atoms in total. The van der Waals surface area contributed by atoms with Crippen LogP contribution in [0.4, 0.5) is 4.39 Å². The first-order chi connectivity index (χ1) is 15.1. The third kappa shape index (κ3) is 7.55. The van der Waals surface area contributed by atoms with Crippen molar-refractivity contribution in [1.29, 1.82) is 0 Å². The third-order valence-electron chi connectivity index (χ3n) is 5.04. The van der Waals surface area contributed by atoms with Crippen LogP contribution in [0.25, 0.3) is 0 Å². The lowest BCUT2D eigenvalue weighted by atomic mass is 10.1. The molecule has 1 N–H and O–H groups in total. The van der Waals surface area contributed by atoms with Crippen LogP contribution in [0.5, 0.6) is 0 Å². The highest BCUT2D eigenvalue weighted by Crippen LogP contribution is 2.26. The van der Waals surface area contributed by atoms with Gasteiger partial charge in [-0.25, -0.2) is 4.39 Å². The van der Waals surface area contributed by atoms with Crippen molar-refractivity contribution in [2.24, 2.45) is 0 Å². The Hall–Kier alpha value is -1.47. The van der Waals surface area contributed by atoms with Gasteiger partial charge in [0, 0.05) is 28.9 Å². The lowest BCUT2D eigenvalue weighted by Crippen LogP contribution is -2.50. The highest BCUT2D eigenvalue weighted by atomic mass is 35.5. The average Bonchev–Trinajstić information content (AvgIpc) is 2.75. The Labute approximate surface area is 207 Å². The van der Waals surface area contributed by atoms with Crippen LogP contribution in [-0.2, 0) is 21.9 Å². The lowest BCUT2D eigenvalue weighted by molar-refractivity contribution is -0.138. The first kappa shape index (κ1) is 26.8. The first-order valence-electron chi connectivity index (χ1n) is 10.2. The van der Waals surface area contributed by atoms with Crippen molar-refractivity contribution >= 4 is 58.4 Å². The molecular formula is C23H26Cl3FN2O2S. The quantitative estimate of drug-likeness (QED) is 0.398. The van der Waals surface area contributed by atoms with Crippen LogP contribution in [0.3, 0.4) is 0 Å². The van der Waals surface area contributed by atoms with Crippen molar-refractivity contribution < 1.29 is 14.0 Å². The highest BCUT2D eigenvalue weighted by molar-refractivity contribution is 7.99. The van der Waals surface area contributed by atoms with E-state index in [1.165, 1.54) is 28.8 Å². The number of hydrogen-bond donors (Lipinski definition) is 1. The molecule has 0 bridgehead atoms. The summed E-state index contributed by atoms with van der Waals surface area (Å²) in [6.45, 7) is 5.75. The molecule has 2 aromatic rings. The van der Waals surface area contributed by atoms with Gasteiger partial charge in [0.15, 0.2) is 0 Å². The highest BCUT2D eigenvalue weighted by Gasteiger charge is 2.27. The van der Waals surface area contributed by atoms with E-state index in [9.17, 15) is 14.0 Å². The van der Waals surface area contributed by atoms with Crippen molar-refractivity contribution in [3.8, 4) is 0 Å². The minimum atomic E-state index is -0.705. The Balaban J connectivity index is 2.15. The summed E-state index contributed by atoms with van der Waals surface area (Å²) in [7, 11) is 0. The summed E-state index contributed by atoms with van der Waals surface area (Å²) in [4.78, 5) is 27.3. The van der Waals surface area contributed by atoms with Crippen molar-refractivity contribution in [3.05, 3.63) is 68.4 Å². The Morgan fingerprint density at radius 3 is 2.44 bits per heavy atom. The number of benzene rings is 2. The summed E-state index contributed by atoms with van der Waals surface area (Å²) in [5, 5.41) is 4.01. The van der Waals surface area contributed by atoms with E-state index in [2.05, 4.69) is 5.32 Å². The van der Waals surface area contributed by atoms with Gasteiger partial charge in [0.25, 0.3) is 0 Å². The molecule has 0 saturated heterocycles. The summed E-state index contributed by atoms with van der Waals surface area (Å²) >= 11 is 19.4. The fourth-order valence-corrected chi connectivity index (χ4v) is 4.45. The normalized spacial score (nSPS) is 12.8. The van der Waals surface area contributed by atoms with Gasteiger partial charge in [0.2, 0.25) is 11.8 Å². The first-order valence-corrected chi connectivity index (χ1v) is 12.5. The number of carbonyl (C=O) groups excluding carboxylic acids is 2. The van der Waals surface area contributed by atoms with Gasteiger partial charge in [0.05, 0.1) is 15.8 Å². The topological polar surface area (TPSA) is 49.4 Å². The van der Waals surface area contributed by atoms with Crippen LogP contribution >= 0.6 is 46.6 Å². The maximum absolute atomic E-state index is 14.0. The maximum Gasteiger partial charge on any atom is 0.242 e. The van der Waals surface area contributed by atoms with Crippen LogP contribution in [-0.4, -0.2) is 34.6 Å². The minimum Gasteiger partial charge on any atom is -0.352 e. The monoisotopic (exact) mass is 518 g/mol. The molecule has 0 fully saturated rings. The summed E-state index contributed by atoms with van der Waals surface area (Å²) < 4.78 is 14.0. The maximum atomic E-state index is 14.0. The SMILES string of the molecule is CC[C@H](C)NC(=O)[C@H](C)N(Cc1ccc(Cl)c(Cl)c1)C(=O)CSCc1c(F)cccc1Cl. The van der Waals surface area contributed by atoms with Crippen molar-refractivity contribution in [2.45, 2.75) is 51.6 Å². The predicted octanol–water partition coefficient (Wildman–Crippen LogP) is 6.35. The van der Waals surface area contributed by atoms with E-state index in [1.54, 1.807) is 31.2 Å². The number of hydrogen-bond acceptors (Lipinski definition) is 3. The van der Waals surface area contributed by atoms with Gasteiger partial charge >= 0.3 is 0 Å². The third-order valence-corrected chi connectivity index (χ3v) is 7.08. The summed E-state index contributed by atoms with van der Waals surface area (Å²) in [5.41, 5.74) is 1.10. The molecule has 0 radical (unpaired) electrons. The van der Waals surface area contributed by atoms with E-state index < -0.39 is 11.9 Å². The van der Waals surface area contributed by atoms with Gasteiger partial charge in [-0.1, -0.05) is 53.9 Å². The number of nitrogens with zero attached hydrogens (tertiary/aromatic N) is 1. The Morgan fingerprint density at radius 1 is 1.09 bits per heavy atom. The van der Waals surface area contributed by atoms with Gasteiger partial charge in [-0.2, -0.15) is 0 Å². The number of nitrogens with one attached hydrogen (secondary N) is 1. The molecule has 0 aromatic heterocycles. The number of carbonyl (C=O) groups is 2. The number of amides is 2. The molecule has 174 valence electrons. The molecule has 0 unspecified atom stereocenters. The van der Waals surface area contributed by atoms with Gasteiger partial charge in [0.1, 0.15) is 11.9 Å². The molecule has 0 spiro atoms. The van der Waals surface area contributed by atoms with Crippen molar-refractivity contribution in [1.82, 2.24) is 10.2 Å². The Kier molecular flexibility index (Phi) is 10.6. The smallest absolute Gasteiger partial charge is 0.242 e. The molecule has 0 aliphatic heterocycles. The minimum absolute atomic E-state index is 0.00977. The molecule has 0 saturated carbocycles. The molecule has 2 aromatic carbocycles. The second-order valence-corrected chi connectivity index (χ2v) is 9.66. The van der Waals surface area contributed by atoms with Crippen LogP contribution in [0, 0.1) is 5.82 Å². The zero-order valence-electron chi connectivity index (χ0n) is 18.1. The van der Waals surface area contributed by atoms with Gasteiger partial charge in [-0.05, 0) is 50.1 Å². The summed E-state index contributed by atoms with van der Waals surface area (Å²) in [6, 6.07) is 8.86. The molecule has 2 atom stereocenters. The Bertz CT molecular complexity index is 941. The number of rotatable bonds is 10. The number of halogens is 4. The van der Waals surface area contributed by atoms with E-state index >= 15 is 0 Å². The fourth-order valence-electron chi connectivity index (χ4n) is 2.88. The van der Waals surface area contributed by atoms with E-state index in [-0.39, 0.29) is 35.9 Å².